The van der Waals surface area contributed by atoms with E-state index in [1.165, 1.54) is 0 Å². The van der Waals surface area contributed by atoms with E-state index in [1.54, 1.807) is 0 Å². The van der Waals surface area contributed by atoms with Crippen molar-refractivity contribution in [1.82, 2.24) is 0 Å². The van der Waals surface area contributed by atoms with Gasteiger partial charge in [-0.25, -0.2) is 0 Å². The second-order valence-corrected chi connectivity index (χ2v) is 3.12. The molecule has 0 spiro atoms. The lowest BCUT2D eigenvalue weighted by atomic mass is 10.2. The molecule has 0 aromatic heterocycles. The maximum absolute atomic E-state index is 5.91. The Morgan fingerprint density at radius 1 is 1.42 bits per heavy atom. The summed E-state index contributed by atoms with van der Waals surface area (Å²) in [5, 5.41) is 0.767. The Kier molecular flexibility index (Phi) is 3.42. The van der Waals surface area contributed by atoms with Gasteiger partial charge in [0.1, 0.15) is 5.75 Å². The van der Waals surface area contributed by atoms with Crippen molar-refractivity contribution in [3.8, 4) is 5.75 Å². The van der Waals surface area contributed by atoms with Crippen molar-refractivity contribution in [2.45, 2.75) is 20.3 Å². The van der Waals surface area contributed by atoms with E-state index < -0.39 is 0 Å². The van der Waals surface area contributed by atoms with Crippen LogP contribution in [0.5, 0.6) is 5.75 Å². The highest BCUT2D eigenvalue weighted by molar-refractivity contribution is 6.31. The number of benzene rings is 1. The average Bonchev–Trinajstić information content (AvgIpc) is 2.08. The lowest BCUT2D eigenvalue weighted by Crippen LogP contribution is -1.96. The number of halogens is 1. The second-order valence-electron chi connectivity index (χ2n) is 2.71. The van der Waals surface area contributed by atoms with E-state index in [2.05, 4.69) is 6.92 Å². The Morgan fingerprint density at radius 2 is 2.17 bits per heavy atom. The third-order valence-corrected chi connectivity index (χ3v) is 2.09. The summed E-state index contributed by atoms with van der Waals surface area (Å²) in [6.07, 6.45) is 1.02. The molecule has 0 aliphatic rings. The molecule has 0 atom stereocenters. The summed E-state index contributed by atoms with van der Waals surface area (Å²) in [6, 6.07) is 5.72. The van der Waals surface area contributed by atoms with E-state index in [4.69, 9.17) is 16.3 Å². The molecule has 1 aromatic carbocycles. The van der Waals surface area contributed by atoms with Crippen molar-refractivity contribution in [1.29, 1.82) is 0 Å². The van der Waals surface area contributed by atoms with Gasteiger partial charge < -0.3 is 4.74 Å². The smallest absolute Gasteiger partial charge is 0.123 e. The van der Waals surface area contributed by atoms with Crippen molar-refractivity contribution < 1.29 is 4.74 Å². The minimum Gasteiger partial charge on any atom is -0.493 e. The Morgan fingerprint density at radius 3 is 2.83 bits per heavy atom. The zero-order valence-electron chi connectivity index (χ0n) is 7.43. The van der Waals surface area contributed by atoms with E-state index in [-0.39, 0.29) is 0 Å². The number of hydrogen-bond donors (Lipinski definition) is 0. The maximum atomic E-state index is 5.91. The van der Waals surface area contributed by atoms with Gasteiger partial charge in [-0.15, -0.1) is 0 Å². The standard InChI is InChI=1S/C10H13ClO/c1-3-7-12-10-6-4-5-9(11)8(10)2/h4-6H,3,7H2,1-2H3. The van der Waals surface area contributed by atoms with Gasteiger partial charge in [-0.1, -0.05) is 24.6 Å². The molecule has 0 saturated heterocycles. The van der Waals surface area contributed by atoms with Crippen LogP contribution in [0, 0.1) is 6.92 Å². The molecule has 1 nitrogen and oxygen atoms in total. The molecule has 0 fully saturated rings. The fourth-order valence-electron chi connectivity index (χ4n) is 0.956. The van der Waals surface area contributed by atoms with Gasteiger partial charge in [0, 0.05) is 10.6 Å². The number of hydrogen-bond acceptors (Lipinski definition) is 1. The molecule has 0 radical (unpaired) electrons. The molecule has 0 aliphatic heterocycles. The normalized spacial score (nSPS) is 9.92. The van der Waals surface area contributed by atoms with E-state index in [9.17, 15) is 0 Å². The SMILES string of the molecule is CCCOc1cccc(Cl)c1C. The van der Waals surface area contributed by atoms with Crippen LogP contribution in [-0.2, 0) is 0 Å². The number of ether oxygens (including phenoxy) is 1. The van der Waals surface area contributed by atoms with Crippen molar-refractivity contribution >= 4 is 11.6 Å². The third kappa shape index (κ3) is 2.15. The molecule has 0 saturated carbocycles. The Labute approximate surface area is 78.3 Å². The first-order chi connectivity index (χ1) is 5.75. The van der Waals surface area contributed by atoms with Gasteiger partial charge in [-0.05, 0) is 25.5 Å². The maximum Gasteiger partial charge on any atom is 0.123 e. The molecule has 0 N–H and O–H groups in total. The Bertz CT molecular complexity index is 258. The van der Waals surface area contributed by atoms with Crippen molar-refractivity contribution in [2.75, 3.05) is 6.61 Å². The first-order valence-corrected chi connectivity index (χ1v) is 4.51. The summed E-state index contributed by atoms with van der Waals surface area (Å²) in [5.41, 5.74) is 1.02. The molecule has 0 unspecified atom stereocenters. The lowest BCUT2D eigenvalue weighted by Gasteiger charge is -2.08. The molecular formula is C10H13ClO. The highest BCUT2D eigenvalue weighted by Gasteiger charge is 2.01. The van der Waals surface area contributed by atoms with Crippen molar-refractivity contribution in [3.63, 3.8) is 0 Å². The summed E-state index contributed by atoms with van der Waals surface area (Å²) >= 11 is 5.91. The van der Waals surface area contributed by atoms with Crippen LogP contribution in [0.15, 0.2) is 18.2 Å². The van der Waals surface area contributed by atoms with Crippen molar-refractivity contribution in [3.05, 3.63) is 28.8 Å². The predicted octanol–water partition coefficient (Wildman–Crippen LogP) is 3.44. The van der Waals surface area contributed by atoms with Crippen LogP contribution in [0.1, 0.15) is 18.9 Å². The summed E-state index contributed by atoms with van der Waals surface area (Å²) in [4.78, 5) is 0. The third-order valence-electron chi connectivity index (χ3n) is 1.68. The van der Waals surface area contributed by atoms with E-state index >= 15 is 0 Å². The van der Waals surface area contributed by atoms with Gasteiger partial charge in [0.05, 0.1) is 6.61 Å². The van der Waals surface area contributed by atoms with Crippen LogP contribution in [0.4, 0.5) is 0 Å². The van der Waals surface area contributed by atoms with Gasteiger partial charge in [-0.2, -0.15) is 0 Å². The van der Waals surface area contributed by atoms with Crippen LogP contribution in [0.2, 0.25) is 5.02 Å². The molecule has 0 aliphatic carbocycles. The minimum atomic E-state index is 0.751. The summed E-state index contributed by atoms with van der Waals surface area (Å²) in [5.74, 6) is 0.893. The fraction of sp³-hybridized carbons (Fsp3) is 0.400. The highest BCUT2D eigenvalue weighted by Crippen LogP contribution is 2.24. The monoisotopic (exact) mass is 184 g/mol. The molecule has 1 aromatic rings. The average molecular weight is 185 g/mol. The summed E-state index contributed by atoms with van der Waals surface area (Å²) in [7, 11) is 0. The Hall–Kier alpha value is -0.690. The summed E-state index contributed by atoms with van der Waals surface area (Å²) < 4.78 is 5.48. The topological polar surface area (TPSA) is 9.23 Å². The highest BCUT2D eigenvalue weighted by atomic mass is 35.5. The molecule has 1 rings (SSSR count). The van der Waals surface area contributed by atoms with Gasteiger partial charge >= 0.3 is 0 Å². The predicted molar refractivity (Wildman–Crippen MR) is 52.0 cm³/mol. The molecule has 0 bridgehead atoms. The van der Waals surface area contributed by atoms with Crippen LogP contribution in [0.3, 0.4) is 0 Å². The second kappa shape index (κ2) is 4.36. The zero-order chi connectivity index (χ0) is 8.97. The molecule has 0 heterocycles. The number of rotatable bonds is 3. The largest absolute Gasteiger partial charge is 0.493 e. The molecule has 66 valence electrons. The van der Waals surface area contributed by atoms with Crippen LogP contribution >= 0.6 is 11.6 Å². The summed E-state index contributed by atoms with van der Waals surface area (Å²) in [6.45, 7) is 4.80. The Balaban J connectivity index is 2.78. The first kappa shape index (κ1) is 9.40. The lowest BCUT2D eigenvalue weighted by molar-refractivity contribution is 0.315. The van der Waals surface area contributed by atoms with Gasteiger partial charge in [0.2, 0.25) is 0 Å². The molecule has 0 amide bonds. The molecular weight excluding hydrogens is 172 g/mol. The first-order valence-electron chi connectivity index (χ1n) is 4.13. The zero-order valence-corrected chi connectivity index (χ0v) is 8.19. The van der Waals surface area contributed by atoms with Gasteiger partial charge in [0.25, 0.3) is 0 Å². The van der Waals surface area contributed by atoms with Crippen molar-refractivity contribution in [2.24, 2.45) is 0 Å². The molecule has 2 heteroatoms. The van der Waals surface area contributed by atoms with E-state index in [0.29, 0.717) is 0 Å². The molecule has 12 heavy (non-hydrogen) atoms. The quantitative estimate of drug-likeness (QED) is 0.700. The van der Waals surface area contributed by atoms with Gasteiger partial charge in [0.15, 0.2) is 0 Å². The van der Waals surface area contributed by atoms with Crippen LogP contribution in [0.25, 0.3) is 0 Å². The van der Waals surface area contributed by atoms with E-state index in [0.717, 1.165) is 29.4 Å². The fourth-order valence-corrected chi connectivity index (χ4v) is 1.12. The van der Waals surface area contributed by atoms with E-state index in [1.807, 2.05) is 25.1 Å². The van der Waals surface area contributed by atoms with Crippen LogP contribution in [-0.4, -0.2) is 6.61 Å². The minimum absolute atomic E-state index is 0.751. The van der Waals surface area contributed by atoms with Crippen LogP contribution < -0.4 is 4.74 Å². The van der Waals surface area contributed by atoms with Gasteiger partial charge in [-0.3, -0.25) is 0 Å².